The highest BCUT2D eigenvalue weighted by Gasteiger charge is 2.64. The first kappa shape index (κ1) is 17.2. The molecule has 0 spiro atoms. The van der Waals surface area contributed by atoms with Crippen LogP contribution in [0.2, 0.25) is 0 Å². The Hall–Kier alpha value is -0.820. The van der Waals surface area contributed by atoms with Gasteiger partial charge in [0.15, 0.2) is 5.83 Å². The smallest absolute Gasteiger partial charge is 0.205 e. The maximum Gasteiger partial charge on any atom is 0.457 e. The molecule has 8 heteroatoms. The monoisotopic (exact) mass is 284 g/mol. The Kier molecular flexibility index (Phi) is 4.18. The Labute approximate surface area is 98.7 Å². The van der Waals surface area contributed by atoms with E-state index >= 15 is 0 Å². The van der Waals surface area contributed by atoms with Crippen LogP contribution in [0.1, 0.15) is 27.7 Å². The van der Waals surface area contributed by atoms with Crippen molar-refractivity contribution < 1.29 is 35.1 Å². The molecule has 0 fully saturated rings. The van der Waals surface area contributed by atoms with Crippen molar-refractivity contribution in [1.82, 2.24) is 0 Å². The largest absolute Gasteiger partial charge is 0.457 e. The SMILES string of the molecule is CC(C)(C)C(=C(F)C(C)(F)F)C(F)(F)C(F)(F)F. The average molecular weight is 284 g/mol. The van der Waals surface area contributed by atoms with E-state index in [4.69, 9.17) is 0 Å². The summed E-state index contributed by atoms with van der Waals surface area (Å²) in [6.07, 6.45) is -6.14. The van der Waals surface area contributed by atoms with Crippen molar-refractivity contribution in [3.63, 3.8) is 0 Å². The van der Waals surface area contributed by atoms with Crippen molar-refractivity contribution in [1.29, 1.82) is 0 Å². The lowest BCUT2D eigenvalue weighted by Crippen LogP contribution is -2.44. The first-order valence-corrected chi connectivity index (χ1v) is 4.76. The summed E-state index contributed by atoms with van der Waals surface area (Å²) < 4.78 is 101. The lowest BCUT2D eigenvalue weighted by molar-refractivity contribution is -0.269. The molecule has 18 heavy (non-hydrogen) atoms. The lowest BCUT2D eigenvalue weighted by Gasteiger charge is -2.32. The molecule has 0 aromatic heterocycles. The van der Waals surface area contributed by atoms with Gasteiger partial charge in [-0.2, -0.15) is 30.7 Å². The van der Waals surface area contributed by atoms with Crippen molar-refractivity contribution in [2.24, 2.45) is 5.41 Å². The predicted molar refractivity (Wildman–Crippen MR) is 49.2 cm³/mol. The topological polar surface area (TPSA) is 0 Å². The quantitative estimate of drug-likeness (QED) is 0.618. The fourth-order valence-corrected chi connectivity index (χ4v) is 1.30. The van der Waals surface area contributed by atoms with E-state index in [-0.39, 0.29) is 6.92 Å². The number of halogens is 8. The lowest BCUT2D eigenvalue weighted by atomic mass is 9.80. The van der Waals surface area contributed by atoms with Crippen molar-refractivity contribution >= 4 is 0 Å². The minimum absolute atomic E-state index is 0.0828. The second-order valence-electron chi connectivity index (χ2n) is 4.90. The molecule has 0 radical (unpaired) electrons. The van der Waals surface area contributed by atoms with Gasteiger partial charge in [0.05, 0.1) is 5.57 Å². The van der Waals surface area contributed by atoms with Crippen LogP contribution in [0, 0.1) is 5.41 Å². The second kappa shape index (κ2) is 4.38. The molecular formula is C10H12F8. The molecule has 0 nitrogen and oxygen atoms in total. The van der Waals surface area contributed by atoms with Gasteiger partial charge in [-0.15, -0.1) is 0 Å². The van der Waals surface area contributed by atoms with E-state index < -0.39 is 34.8 Å². The van der Waals surface area contributed by atoms with Crippen LogP contribution in [0.15, 0.2) is 11.4 Å². The van der Waals surface area contributed by atoms with Crippen LogP contribution < -0.4 is 0 Å². The molecule has 0 bridgehead atoms. The Balaban J connectivity index is 6.18. The van der Waals surface area contributed by atoms with Crippen LogP contribution in [0.25, 0.3) is 0 Å². The number of alkyl halides is 7. The van der Waals surface area contributed by atoms with E-state index in [2.05, 4.69) is 0 Å². The Bertz CT molecular complexity index is 336. The summed E-state index contributed by atoms with van der Waals surface area (Å²) in [6.45, 7) is 2.31. The van der Waals surface area contributed by atoms with Crippen LogP contribution in [0.3, 0.4) is 0 Å². The summed E-state index contributed by atoms with van der Waals surface area (Å²) in [6, 6.07) is 0. The second-order valence-corrected chi connectivity index (χ2v) is 4.90. The molecule has 108 valence electrons. The van der Waals surface area contributed by atoms with Crippen molar-refractivity contribution in [2.45, 2.75) is 45.7 Å². The summed E-state index contributed by atoms with van der Waals surface area (Å²) in [7, 11) is 0. The van der Waals surface area contributed by atoms with Gasteiger partial charge in [0.1, 0.15) is 0 Å². The molecule has 0 saturated heterocycles. The highest BCUT2D eigenvalue weighted by molar-refractivity contribution is 5.28. The van der Waals surface area contributed by atoms with Gasteiger partial charge in [-0.05, 0) is 5.41 Å². The standard InChI is InChI=1S/C10H12F8/c1-7(2,3)5(6(11)8(4,12)13)9(14,15)10(16,17)18/h1-4H3. The number of hydrogen-bond donors (Lipinski definition) is 0. The van der Waals surface area contributed by atoms with Crippen LogP contribution in [0.5, 0.6) is 0 Å². The van der Waals surface area contributed by atoms with Gasteiger partial charge in [0, 0.05) is 6.92 Å². The highest BCUT2D eigenvalue weighted by atomic mass is 19.4. The molecule has 0 aliphatic heterocycles. The fraction of sp³-hybridized carbons (Fsp3) is 0.800. The molecule has 0 amide bonds. The summed E-state index contributed by atoms with van der Waals surface area (Å²) >= 11 is 0. The molecule has 0 rings (SSSR count). The van der Waals surface area contributed by atoms with Crippen molar-refractivity contribution in [3.05, 3.63) is 11.4 Å². The van der Waals surface area contributed by atoms with Gasteiger partial charge in [-0.1, -0.05) is 20.8 Å². The zero-order valence-corrected chi connectivity index (χ0v) is 10.0. The third kappa shape index (κ3) is 3.35. The number of rotatable bonds is 2. The predicted octanol–water partition coefficient (Wildman–Crippen LogP) is 5.11. The maximum atomic E-state index is 13.2. The Morgan fingerprint density at radius 1 is 0.722 bits per heavy atom. The minimum atomic E-state index is -6.14. The van der Waals surface area contributed by atoms with Gasteiger partial charge in [0.25, 0.3) is 5.92 Å². The van der Waals surface area contributed by atoms with Crippen LogP contribution in [0.4, 0.5) is 35.1 Å². The first-order valence-electron chi connectivity index (χ1n) is 4.76. The zero-order chi connectivity index (χ0) is 15.2. The average Bonchev–Trinajstić information content (AvgIpc) is 1.95. The number of hydrogen-bond acceptors (Lipinski definition) is 0. The molecule has 0 N–H and O–H groups in total. The normalized spacial score (nSPS) is 16.7. The Morgan fingerprint density at radius 3 is 1.22 bits per heavy atom. The van der Waals surface area contributed by atoms with Crippen LogP contribution in [-0.4, -0.2) is 18.0 Å². The molecule has 0 atom stereocenters. The highest BCUT2D eigenvalue weighted by Crippen LogP contribution is 2.51. The molecular weight excluding hydrogens is 272 g/mol. The van der Waals surface area contributed by atoms with E-state index in [1.165, 1.54) is 0 Å². The third-order valence-corrected chi connectivity index (χ3v) is 2.02. The van der Waals surface area contributed by atoms with E-state index in [9.17, 15) is 35.1 Å². The third-order valence-electron chi connectivity index (χ3n) is 2.02. The van der Waals surface area contributed by atoms with Gasteiger partial charge >= 0.3 is 12.1 Å². The van der Waals surface area contributed by atoms with E-state index in [1.54, 1.807) is 0 Å². The molecule has 0 heterocycles. The molecule has 0 aliphatic rings. The summed E-state index contributed by atoms with van der Waals surface area (Å²) in [5, 5.41) is 0. The van der Waals surface area contributed by atoms with Crippen molar-refractivity contribution in [2.75, 3.05) is 0 Å². The molecule has 0 aromatic carbocycles. The van der Waals surface area contributed by atoms with Gasteiger partial charge in [-0.3, -0.25) is 0 Å². The summed E-state index contributed by atoms with van der Waals surface area (Å²) in [4.78, 5) is 0. The molecule has 0 aromatic rings. The first-order chi connectivity index (χ1) is 7.53. The van der Waals surface area contributed by atoms with Gasteiger partial charge in [0.2, 0.25) is 0 Å². The van der Waals surface area contributed by atoms with E-state index in [0.29, 0.717) is 0 Å². The molecule has 0 unspecified atom stereocenters. The fourth-order valence-electron chi connectivity index (χ4n) is 1.30. The molecule has 0 saturated carbocycles. The summed E-state index contributed by atoms with van der Waals surface area (Å²) in [5.41, 5.74) is -4.36. The van der Waals surface area contributed by atoms with Crippen molar-refractivity contribution in [3.8, 4) is 0 Å². The van der Waals surface area contributed by atoms with Crippen LogP contribution in [-0.2, 0) is 0 Å². The maximum absolute atomic E-state index is 13.2. The van der Waals surface area contributed by atoms with Gasteiger partial charge in [-0.25, -0.2) is 4.39 Å². The zero-order valence-electron chi connectivity index (χ0n) is 10.0. The number of allylic oxidation sites excluding steroid dienone is 2. The van der Waals surface area contributed by atoms with E-state index in [0.717, 1.165) is 20.8 Å². The molecule has 0 aliphatic carbocycles. The minimum Gasteiger partial charge on any atom is -0.205 e. The van der Waals surface area contributed by atoms with E-state index in [1.807, 2.05) is 0 Å². The Morgan fingerprint density at radius 2 is 1.06 bits per heavy atom. The van der Waals surface area contributed by atoms with Gasteiger partial charge < -0.3 is 0 Å². The summed E-state index contributed by atoms with van der Waals surface area (Å²) in [5.74, 6) is -12.8. The van der Waals surface area contributed by atoms with Crippen LogP contribution >= 0.6 is 0 Å².